The van der Waals surface area contributed by atoms with E-state index in [1.54, 1.807) is 0 Å². The third kappa shape index (κ3) is 5.35. The van der Waals surface area contributed by atoms with E-state index in [4.69, 9.17) is 4.74 Å². The van der Waals surface area contributed by atoms with Gasteiger partial charge in [-0.1, -0.05) is 32.4 Å². The Hall–Kier alpha value is -1.31. The Bertz CT molecular complexity index is 380. The molecule has 100 valence electrons. The minimum atomic E-state index is 0.135. The fraction of sp³-hybridized carbons (Fsp3) is 0.562. The molecule has 18 heavy (non-hydrogen) atoms. The number of rotatable bonds is 7. The Morgan fingerprint density at radius 1 is 1.22 bits per heavy atom. The van der Waals surface area contributed by atoms with Gasteiger partial charge in [0.25, 0.3) is 0 Å². The number of carbonyl (C=O) groups is 1. The van der Waals surface area contributed by atoms with Crippen LogP contribution in [-0.4, -0.2) is 11.9 Å². The number of ether oxygens (including phenoxy) is 1. The number of Topliss-reactive ketones (excluding diaryl/α,β-unsaturated/α-hetero) is 1. The lowest BCUT2D eigenvalue weighted by Gasteiger charge is -2.10. The van der Waals surface area contributed by atoms with Gasteiger partial charge in [0.1, 0.15) is 5.75 Å². The molecular formula is C16H24O2. The molecule has 0 amide bonds. The molecule has 0 radical (unpaired) electrons. The van der Waals surface area contributed by atoms with Crippen molar-refractivity contribution < 1.29 is 9.53 Å². The minimum Gasteiger partial charge on any atom is -0.491 e. The van der Waals surface area contributed by atoms with E-state index in [1.165, 1.54) is 0 Å². The summed E-state index contributed by atoms with van der Waals surface area (Å²) in [4.78, 5) is 12.0. The van der Waals surface area contributed by atoms with Crippen LogP contribution in [0.2, 0.25) is 0 Å². The highest BCUT2D eigenvalue weighted by Gasteiger charge is 2.08. The monoisotopic (exact) mass is 248 g/mol. The molecule has 2 heteroatoms. The molecule has 0 bridgehead atoms. The van der Waals surface area contributed by atoms with Gasteiger partial charge in [-0.15, -0.1) is 0 Å². The van der Waals surface area contributed by atoms with E-state index in [2.05, 4.69) is 13.8 Å². The Labute approximate surface area is 110 Å². The molecule has 0 saturated carbocycles. The van der Waals surface area contributed by atoms with Gasteiger partial charge in [-0.25, -0.2) is 0 Å². The van der Waals surface area contributed by atoms with E-state index >= 15 is 0 Å². The van der Waals surface area contributed by atoms with Crippen LogP contribution in [0.3, 0.4) is 0 Å². The predicted molar refractivity (Wildman–Crippen MR) is 75.2 cm³/mol. The van der Waals surface area contributed by atoms with Gasteiger partial charge in [-0.05, 0) is 38.3 Å². The van der Waals surface area contributed by atoms with Gasteiger partial charge in [-0.3, -0.25) is 4.79 Å². The van der Waals surface area contributed by atoms with Crippen LogP contribution in [0.5, 0.6) is 5.75 Å². The summed E-state index contributed by atoms with van der Waals surface area (Å²) in [5.41, 5.74) is 0.761. The minimum absolute atomic E-state index is 0.135. The second-order valence-corrected chi connectivity index (χ2v) is 5.40. The summed E-state index contributed by atoms with van der Waals surface area (Å²) in [5, 5.41) is 0. The molecule has 0 saturated heterocycles. The van der Waals surface area contributed by atoms with Crippen molar-refractivity contribution in [2.24, 2.45) is 5.92 Å². The molecule has 0 aliphatic heterocycles. The molecule has 0 aromatic heterocycles. The highest BCUT2D eigenvalue weighted by atomic mass is 16.5. The van der Waals surface area contributed by atoms with Gasteiger partial charge in [-0.2, -0.15) is 0 Å². The van der Waals surface area contributed by atoms with Crippen molar-refractivity contribution in [3.8, 4) is 5.75 Å². The molecule has 1 rings (SSSR count). The largest absolute Gasteiger partial charge is 0.491 e. The van der Waals surface area contributed by atoms with Crippen LogP contribution in [0.4, 0.5) is 0 Å². The van der Waals surface area contributed by atoms with Crippen LogP contribution in [-0.2, 0) is 0 Å². The van der Waals surface area contributed by atoms with E-state index in [1.807, 2.05) is 38.1 Å². The lowest BCUT2D eigenvalue weighted by molar-refractivity contribution is 0.0977. The molecule has 0 aliphatic carbocycles. The number of carbonyl (C=O) groups excluding carboxylic acids is 1. The average molecular weight is 248 g/mol. The summed E-state index contributed by atoms with van der Waals surface area (Å²) in [5.74, 6) is 1.65. The predicted octanol–water partition coefficient (Wildman–Crippen LogP) is 4.48. The van der Waals surface area contributed by atoms with Crippen molar-refractivity contribution in [1.82, 2.24) is 0 Å². The van der Waals surface area contributed by atoms with Crippen LogP contribution in [0.1, 0.15) is 57.3 Å². The zero-order chi connectivity index (χ0) is 13.5. The molecule has 2 nitrogen and oxygen atoms in total. The van der Waals surface area contributed by atoms with Gasteiger partial charge in [0, 0.05) is 12.0 Å². The summed E-state index contributed by atoms with van der Waals surface area (Å²) < 4.78 is 5.60. The van der Waals surface area contributed by atoms with Crippen LogP contribution in [0, 0.1) is 5.92 Å². The molecule has 0 unspecified atom stereocenters. The van der Waals surface area contributed by atoms with Gasteiger partial charge < -0.3 is 4.74 Å². The summed E-state index contributed by atoms with van der Waals surface area (Å²) >= 11 is 0. The number of hydrogen-bond donors (Lipinski definition) is 0. The SMILES string of the molecule is CC(C)CCCC(=O)c1cccc(OC(C)C)c1. The van der Waals surface area contributed by atoms with Crippen molar-refractivity contribution in [2.75, 3.05) is 0 Å². The van der Waals surface area contributed by atoms with Crippen molar-refractivity contribution in [3.05, 3.63) is 29.8 Å². The zero-order valence-corrected chi connectivity index (χ0v) is 11.9. The standard InChI is InChI=1S/C16H24O2/c1-12(2)7-5-10-16(17)14-8-6-9-15(11-14)18-13(3)4/h6,8-9,11-13H,5,7,10H2,1-4H3. The lowest BCUT2D eigenvalue weighted by atomic mass is 10.0. The van der Waals surface area contributed by atoms with Gasteiger partial charge in [0.2, 0.25) is 0 Å². The summed E-state index contributed by atoms with van der Waals surface area (Å²) in [6.45, 7) is 8.33. The average Bonchev–Trinajstić information content (AvgIpc) is 2.27. The maximum Gasteiger partial charge on any atom is 0.163 e. The first-order chi connectivity index (χ1) is 8.49. The second-order valence-electron chi connectivity index (χ2n) is 5.40. The van der Waals surface area contributed by atoms with Crippen molar-refractivity contribution >= 4 is 5.78 Å². The quantitative estimate of drug-likeness (QED) is 0.665. The van der Waals surface area contributed by atoms with Gasteiger partial charge in [0.15, 0.2) is 5.78 Å². The van der Waals surface area contributed by atoms with Crippen LogP contribution < -0.4 is 4.74 Å². The highest BCUT2D eigenvalue weighted by molar-refractivity contribution is 5.96. The van der Waals surface area contributed by atoms with Gasteiger partial charge >= 0.3 is 0 Å². The lowest BCUT2D eigenvalue weighted by Crippen LogP contribution is -2.06. The number of ketones is 1. The van der Waals surface area contributed by atoms with E-state index < -0.39 is 0 Å². The molecule has 1 aromatic rings. The summed E-state index contributed by atoms with van der Waals surface area (Å²) in [6, 6.07) is 7.49. The maximum absolute atomic E-state index is 12.0. The Kier molecular flexibility index (Phi) is 5.90. The molecule has 0 N–H and O–H groups in total. The van der Waals surface area contributed by atoms with Crippen molar-refractivity contribution in [1.29, 1.82) is 0 Å². The smallest absolute Gasteiger partial charge is 0.163 e. The topological polar surface area (TPSA) is 26.3 Å². The fourth-order valence-corrected chi connectivity index (χ4v) is 1.83. The molecule has 0 fully saturated rings. The van der Waals surface area contributed by atoms with E-state index in [-0.39, 0.29) is 11.9 Å². The third-order valence-corrected chi connectivity index (χ3v) is 2.71. The molecule has 0 aliphatic rings. The van der Waals surface area contributed by atoms with E-state index in [0.717, 1.165) is 24.2 Å². The molecule has 0 atom stereocenters. The fourth-order valence-electron chi connectivity index (χ4n) is 1.83. The number of benzene rings is 1. The van der Waals surface area contributed by atoms with Crippen LogP contribution >= 0.6 is 0 Å². The Morgan fingerprint density at radius 2 is 1.94 bits per heavy atom. The van der Waals surface area contributed by atoms with E-state index in [0.29, 0.717) is 12.3 Å². The molecule has 0 spiro atoms. The first-order valence-electron chi connectivity index (χ1n) is 6.79. The molecule has 0 heterocycles. The second kappa shape index (κ2) is 7.20. The summed E-state index contributed by atoms with van der Waals surface area (Å²) in [7, 11) is 0. The molecular weight excluding hydrogens is 224 g/mol. The van der Waals surface area contributed by atoms with Crippen molar-refractivity contribution in [2.45, 2.75) is 53.1 Å². The Morgan fingerprint density at radius 3 is 2.56 bits per heavy atom. The summed E-state index contributed by atoms with van der Waals surface area (Å²) in [6.07, 6.45) is 2.83. The van der Waals surface area contributed by atoms with Crippen LogP contribution in [0.25, 0.3) is 0 Å². The highest BCUT2D eigenvalue weighted by Crippen LogP contribution is 2.17. The zero-order valence-electron chi connectivity index (χ0n) is 11.9. The first kappa shape index (κ1) is 14.7. The normalized spacial score (nSPS) is 11.0. The molecule has 1 aromatic carbocycles. The van der Waals surface area contributed by atoms with Crippen molar-refractivity contribution in [3.63, 3.8) is 0 Å². The maximum atomic E-state index is 12.0. The number of hydrogen-bond acceptors (Lipinski definition) is 2. The van der Waals surface area contributed by atoms with Crippen LogP contribution in [0.15, 0.2) is 24.3 Å². The Balaban J connectivity index is 2.57. The van der Waals surface area contributed by atoms with E-state index in [9.17, 15) is 4.79 Å². The third-order valence-electron chi connectivity index (χ3n) is 2.71. The van der Waals surface area contributed by atoms with Gasteiger partial charge in [0.05, 0.1) is 6.10 Å². The first-order valence-corrected chi connectivity index (χ1v) is 6.79.